The number of allylic oxidation sites excluding steroid dienone is 5. The zero-order valence-corrected chi connectivity index (χ0v) is 25.1. The van der Waals surface area contributed by atoms with Crippen LogP contribution in [0, 0.1) is 18.5 Å². The van der Waals surface area contributed by atoms with Crippen molar-refractivity contribution in [1.29, 1.82) is 0 Å². The molecule has 1 aliphatic heterocycles. The molecule has 0 fully saturated rings. The van der Waals surface area contributed by atoms with Crippen molar-refractivity contribution >= 4 is 38.7 Å². The molecule has 1 aliphatic rings. The monoisotopic (exact) mass is 793 g/mol. The Bertz CT molecular complexity index is 2300. The van der Waals surface area contributed by atoms with Crippen LogP contribution in [0.25, 0.3) is 38.5 Å². The molecule has 0 bridgehead atoms. The second-order valence-corrected chi connectivity index (χ2v) is 9.72. The normalized spacial score (nSPS) is 20.2. The van der Waals surface area contributed by atoms with Gasteiger partial charge in [0.2, 0.25) is 35.5 Å². The number of aryl methyl sites for hydroxylation is 1. The van der Waals surface area contributed by atoms with Gasteiger partial charge < -0.3 is 18.4 Å². The Morgan fingerprint density at radius 3 is 2.13 bits per heavy atom. The second-order valence-electron chi connectivity index (χ2n) is 9.72. The Kier molecular flexibility index (Phi) is 7.74. The standard InChI is InChI=1S/C33H16F6N4O.Pt/c1-41-17-42(25-12-5-4-11-24(25)41)18-7-6-8-19(15-18)44-20-13-14-22-21-9-2-3-10-23(21)43(26(22)16-20)33-31(38)29(36)27(34)28(35)30(37)32(39)40-33;/h2-14H,1H3;/q-2;/b28-27-,29-27?,30-28?,31-29-,32-30+,33-31?,40-32?,40-33+;. The number of ether oxygens (including phenoxy) is 1. The third-order valence-electron chi connectivity index (χ3n) is 7.07. The van der Waals surface area contributed by atoms with Crippen molar-refractivity contribution in [2.24, 2.45) is 12.0 Å². The molecule has 0 saturated carbocycles. The maximum absolute atomic E-state index is 15.3. The molecule has 7 rings (SSSR count). The summed E-state index contributed by atoms with van der Waals surface area (Å²) in [5.41, 5.74) is 2.63. The zero-order chi connectivity index (χ0) is 30.7. The van der Waals surface area contributed by atoms with Gasteiger partial charge in [0.15, 0.2) is 5.84 Å². The van der Waals surface area contributed by atoms with Crippen LogP contribution < -0.4 is 9.30 Å². The smallest absolute Gasteiger partial charge is 0.254 e. The van der Waals surface area contributed by atoms with Gasteiger partial charge in [-0.25, -0.2) is 13.2 Å². The molecule has 12 heteroatoms. The largest absolute Gasteiger partial charge is 0.510 e. The SMILES string of the molecule is Cn1[c-][n+](-c2[c-]c(Oc3[c-]c4c(cc3)c3ccccc3n4C3=N/C(F)=C(F)\C(F)=C(F)/C(F)=C\3F)ccc2)c2ccccc21.[Pt]. The van der Waals surface area contributed by atoms with Crippen LogP contribution in [-0.4, -0.2) is 15.0 Å². The average molecular weight is 794 g/mol. The predicted octanol–water partition coefficient (Wildman–Crippen LogP) is 8.42. The fourth-order valence-electron chi connectivity index (χ4n) is 5.09. The van der Waals surface area contributed by atoms with Crippen molar-refractivity contribution in [1.82, 2.24) is 9.13 Å². The number of nitrogens with zero attached hydrogens (tertiary/aromatic N) is 4. The summed E-state index contributed by atoms with van der Waals surface area (Å²) in [6.07, 6.45) is 3.21. The van der Waals surface area contributed by atoms with E-state index in [1.54, 1.807) is 47.0 Å². The summed E-state index contributed by atoms with van der Waals surface area (Å²) in [6.45, 7) is 0. The van der Waals surface area contributed by atoms with Crippen molar-refractivity contribution in [2.45, 2.75) is 0 Å². The summed E-state index contributed by atoms with van der Waals surface area (Å²) in [6, 6.07) is 28.5. The molecule has 0 spiro atoms. The van der Waals surface area contributed by atoms with Gasteiger partial charge in [0.1, 0.15) is 0 Å². The zero-order valence-electron chi connectivity index (χ0n) is 22.8. The van der Waals surface area contributed by atoms with Gasteiger partial charge in [0.25, 0.3) is 5.95 Å². The molecule has 3 heterocycles. The number of aromatic nitrogens is 3. The van der Waals surface area contributed by atoms with Gasteiger partial charge in [-0.3, -0.25) is 0 Å². The topological polar surface area (TPSA) is 35.3 Å². The summed E-state index contributed by atoms with van der Waals surface area (Å²) in [5, 5.41) is 0.906. The molecular formula is C33H16F6N4OPt-2. The van der Waals surface area contributed by atoms with E-state index in [4.69, 9.17) is 4.74 Å². The second kappa shape index (κ2) is 11.6. The number of para-hydroxylation sites is 3. The van der Waals surface area contributed by atoms with Gasteiger partial charge in [-0.05, 0) is 11.5 Å². The van der Waals surface area contributed by atoms with Crippen LogP contribution in [0.5, 0.6) is 11.5 Å². The first-order valence-electron chi connectivity index (χ1n) is 13.0. The molecule has 0 amide bonds. The van der Waals surface area contributed by atoms with Crippen molar-refractivity contribution < 1.29 is 56.7 Å². The first-order valence-corrected chi connectivity index (χ1v) is 13.0. The van der Waals surface area contributed by atoms with E-state index in [0.717, 1.165) is 15.6 Å². The molecule has 45 heavy (non-hydrogen) atoms. The number of rotatable bonds is 3. The van der Waals surface area contributed by atoms with E-state index in [9.17, 15) is 22.0 Å². The van der Waals surface area contributed by atoms with Crippen molar-refractivity contribution in [3.05, 3.63) is 132 Å². The van der Waals surface area contributed by atoms with Crippen LogP contribution in [0.15, 0.2) is 119 Å². The van der Waals surface area contributed by atoms with Gasteiger partial charge in [-0.15, -0.1) is 29.7 Å². The summed E-state index contributed by atoms with van der Waals surface area (Å²) >= 11 is 0. The maximum Gasteiger partial charge on any atom is 0.254 e. The number of hydrogen-bond donors (Lipinski definition) is 0. The molecule has 4 aromatic carbocycles. The van der Waals surface area contributed by atoms with E-state index < -0.39 is 40.9 Å². The number of aliphatic imine (C=N–C) groups is 1. The van der Waals surface area contributed by atoms with E-state index in [0.29, 0.717) is 16.5 Å². The van der Waals surface area contributed by atoms with Crippen LogP contribution in [0.3, 0.4) is 0 Å². The van der Waals surface area contributed by atoms with Crippen LogP contribution >= 0.6 is 0 Å². The Morgan fingerprint density at radius 1 is 0.667 bits per heavy atom. The predicted molar refractivity (Wildman–Crippen MR) is 151 cm³/mol. The first kappa shape index (κ1) is 30.1. The molecule has 6 aromatic rings. The Hall–Kier alpha value is -4.89. The van der Waals surface area contributed by atoms with Gasteiger partial charge in [-0.1, -0.05) is 53.7 Å². The summed E-state index contributed by atoms with van der Waals surface area (Å²) in [7, 11) is 1.86. The minimum Gasteiger partial charge on any atom is -0.510 e. The summed E-state index contributed by atoms with van der Waals surface area (Å²) < 4.78 is 97.2. The van der Waals surface area contributed by atoms with Crippen LogP contribution in [0.4, 0.5) is 26.3 Å². The van der Waals surface area contributed by atoms with Gasteiger partial charge in [-0.2, -0.15) is 36.4 Å². The summed E-state index contributed by atoms with van der Waals surface area (Å²) in [5.74, 6) is -14.9. The molecule has 5 nitrogen and oxygen atoms in total. The fourth-order valence-corrected chi connectivity index (χ4v) is 5.09. The molecule has 2 aromatic heterocycles. The molecule has 0 unspecified atom stereocenters. The molecule has 0 aliphatic carbocycles. The Morgan fingerprint density at radius 2 is 1.33 bits per heavy atom. The molecule has 0 atom stereocenters. The van der Waals surface area contributed by atoms with Crippen molar-refractivity contribution in [3.63, 3.8) is 0 Å². The van der Waals surface area contributed by atoms with E-state index in [2.05, 4.69) is 23.5 Å². The minimum absolute atomic E-state index is 0. The Balaban J connectivity index is 0.00000357. The third-order valence-corrected chi connectivity index (χ3v) is 7.07. The minimum atomic E-state index is -2.54. The van der Waals surface area contributed by atoms with Crippen molar-refractivity contribution in [3.8, 4) is 17.2 Å². The number of hydrogen-bond acceptors (Lipinski definition) is 2. The average Bonchev–Trinajstić information content (AvgIpc) is 3.56. The number of benzene rings is 4. The summed E-state index contributed by atoms with van der Waals surface area (Å²) in [4.78, 5) is 3.19. The number of fused-ring (bicyclic) bond motifs is 4. The van der Waals surface area contributed by atoms with Gasteiger partial charge >= 0.3 is 0 Å². The number of imidazole rings is 1. The van der Waals surface area contributed by atoms with Crippen molar-refractivity contribution in [2.75, 3.05) is 0 Å². The molecule has 0 radical (unpaired) electrons. The van der Waals surface area contributed by atoms with Gasteiger partial charge in [0, 0.05) is 38.1 Å². The molecule has 0 saturated heterocycles. The van der Waals surface area contributed by atoms with Crippen LogP contribution in [-0.2, 0) is 28.1 Å². The van der Waals surface area contributed by atoms with E-state index in [1.165, 1.54) is 6.07 Å². The van der Waals surface area contributed by atoms with Crippen LogP contribution in [0.1, 0.15) is 0 Å². The van der Waals surface area contributed by atoms with E-state index in [1.807, 2.05) is 41.9 Å². The molecular weight excluding hydrogens is 777 g/mol. The van der Waals surface area contributed by atoms with E-state index >= 15 is 4.39 Å². The molecule has 228 valence electrons. The first-order chi connectivity index (χ1) is 21.2. The number of halogens is 6. The van der Waals surface area contributed by atoms with Crippen LogP contribution in [0.2, 0.25) is 0 Å². The third kappa shape index (κ3) is 4.97. The van der Waals surface area contributed by atoms with Gasteiger partial charge in [0.05, 0.1) is 18.1 Å². The maximum atomic E-state index is 15.3. The quantitative estimate of drug-likeness (QED) is 0.0768. The van der Waals surface area contributed by atoms with E-state index in [-0.39, 0.29) is 43.6 Å². The molecule has 0 N–H and O–H groups in total. The Labute approximate surface area is 265 Å². The fraction of sp³-hybridized carbons (Fsp3) is 0.0303.